The number of aromatic amines is 1. The Morgan fingerprint density at radius 2 is 2.38 bits per heavy atom. The van der Waals surface area contributed by atoms with E-state index in [0.29, 0.717) is 5.52 Å². The van der Waals surface area contributed by atoms with Gasteiger partial charge in [-0.2, -0.15) is 0 Å². The first-order valence-corrected chi connectivity index (χ1v) is 3.54. The second-order valence-electron chi connectivity index (χ2n) is 2.56. The normalized spacial score (nSPS) is 10.5. The minimum Gasteiger partial charge on any atom is -0.478 e. The lowest BCUT2D eigenvalue weighted by molar-refractivity contribution is 0.0699. The molecule has 66 valence electrons. The summed E-state index contributed by atoms with van der Waals surface area (Å²) in [5, 5.41) is 8.69. The number of carboxylic acid groups (broad SMARTS) is 1. The fourth-order valence-electron chi connectivity index (χ4n) is 1.15. The molecule has 0 spiro atoms. The van der Waals surface area contributed by atoms with Crippen LogP contribution in [-0.4, -0.2) is 21.0 Å². The molecule has 2 N–H and O–H groups in total. The SMILES string of the molecule is O=C(O)c1c[nH]c2cc(F)cnc12. The molecule has 5 heteroatoms. The van der Waals surface area contributed by atoms with Crippen molar-refractivity contribution in [3.8, 4) is 0 Å². The van der Waals surface area contributed by atoms with Crippen LogP contribution < -0.4 is 0 Å². The molecule has 2 rings (SSSR count). The summed E-state index contributed by atoms with van der Waals surface area (Å²) in [5.74, 6) is -1.57. The Bertz CT molecular complexity index is 478. The first-order chi connectivity index (χ1) is 6.18. The minimum atomic E-state index is -1.08. The van der Waals surface area contributed by atoms with Crippen molar-refractivity contribution in [2.24, 2.45) is 0 Å². The van der Waals surface area contributed by atoms with Crippen LogP contribution in [-0.2, 0) is 0 Å². The summed E-state index contributed by atoms with van der Waals surface area (Å²) in [5.41, 5.74) is 0.710. The fraction of sp³-hybridized carbons (Fsp3) is 0. The van der Waals surface area contributed by atoms with Crippen LogP contribution in [0.4, 0.5) is 4.39 Å². The van der Waals surface area contributed by atoms with Gasteiger partial charge in [0, 0.05) is 12.3 Å². The van der Waals surface area contributed by atoms with Gasteiger partial charge < -0.3 is 10.1 Å². The number of fused-ring (bicyclic) bond motifs is 1. The van der Waals surface area contributed by atoms with Gasteiger partial charge in [-0.05, 0) is 0 Å². The van der Waals surface area contributed by atoms with E-state index in [4.69, 9.17) is 5.11 Å². The van der Waals surface area contributed by atoms with Crippen LogP contribution in [0.3, 0.4) is 0 Å². The standard InChI is InChI=1S/C8H5FN2O2/c9-4-1-6-7(11-2-4)5(3-10-6)8(12)13/h1-3,10H,(H,12,13). The Kier molecular flexibility index (Phi) is 1.51. The van der Waals surface area contributed by atoms with E-state index in [1.54, 1.807) is 0 Å². The first-order valence-electron chi connectivity index (χ1n) is 3.54. The van der Waals surface area contributed by atoms with E-state index in [-0.39, 0.29) is 11.1 Å². The number of carbonyl (C=O) groups is 1. The third-order valence-corrected chi connectivity index (χ3v) is 1.71. The van der Waals surface area contributed by atoms with E-state index in [1.807, 2.05) is 0 Å². The van der Waals surface area contributed by atoms with Gasteiger partial charge in [0.05, 0.1) is 11.7 Å². The maximum Gasteiger partial charge on any atom is 0.339 e. The summed E-state index contributed by atoms with van der Waals surface area (Å²) >= 11 is 0. The highest BCUT2D eigenvalue weighted by Gasteiger charge is 2.11. The number of hydrogen-bond donors (Lipinski definition) is 2. The average Bonchev–Trinajstić information content (AvgIpc) is 2.46. The zero-order chi connectivity index (χ0) is 9.42. The summed E-state index contributed by atoms with van der Waals surface area (Å²) in [4.78, 5) is 16.9. The molecular weight excluding hydrogens is 175 g/mol. The highest BCUT2D eigenvalue weighted by molar-refractivity contribution is 6.01. The molecule has 0 atom stereocenters. The fourth-order valence-corrected chi connectivity index (χ4v) is 1.15. The van der Waals surface area contributed by atoms with Crippen molar-refractivity contribution in [2.75, 3.05) is 0 Å². The largest absolute Gasteiger partial charge is 0.478 e. The summed E-state index contributed by atoms with van der Waals surface area (Å²) in [6.45, 7) is 0. The van der Waals surface area contributed by atoms with Gasteiger partial charge in [0.25, 0.3) is 0 Å². The molecule has 0 amide bonds. The minimum absolute atomic E-state index is 0.0509. The van der Waals surface area contributed by atoms with Crippen molar-refractivity contribution in [1.29, 1.82) is 0 Å². The molecule has 2 aromatic rings. The lowest BCUT2D eigenvalue weighted by Crippen LogP contribution is -1.94. The number of nitrogens with one attached hydrogen (secondary N) is 1. The highest BCUT2D eigenvalue weighted by Crippen LogP contribution is 2.15. The molecule has 13 heavy (non-hydrogen) atoms. The summed E-state index contributed by atoms with van der Waals surface area (Å²) in [6, 6.07) is 1.20. The molecule has 0 aliphatic carbocycles. The zero-order valence-electron chi connectivity index (χ0n) is 6.41. The second-order valence-corrected chi connectivity index (χ2v) is 2.56. The molecule has 0 fully saturated rings. The van der Waals surface area contributed by atoms with Crippen LogP contribution in [0, 0.1) is 5.82 Å². The number of aromatic carboxylic acids is 1. The molecule has 0 saturated carbocycles. The lowest BCUT2D eigenvalue weighted by atomic mass is 10.3. The number of carboxylic acids is 1. The smallest absolute Gasteiger partial charge is 0.339 e. The van der Waals surface area contributed by atoms with Gasteiger partial charge in [-0.15, -0.1) is 0 Å². The third kappa shape index (κ3) is 1.14. The summed E-state index contributed by atoms with van der Waals surface area (Å²) in [7, 11) is 0. The van der Waals surface area contributed by atoms with Crippen molar-refractivity contribution in [3.63, 3.8) is 0 Å². The Balaban J connectivity index is 2.76. The van der Waals surface area contributed by atoms with E-state index >= 15 is 0 Å². The Hall–Kier alpha value is -1.91. The van der Waals surface area contributed by atoms with Crippen LogP contribution >= 0.6 is 0 Å². The molecule has 0 bridgehead atoms. The van der Waals surface area contributed by atoms with Gasteiger partial charge >= 0.3 is 5.97 Å². The predicted octanol–water partition coefficient (Wildman–Crippen LogP) is 1.40. The maximum absolute atomic E-state index is 12.6. The zero-order valence-corrected chi connectivity index (χ0v) is 6.41. The molecule has 0 unspecified atom stereocenters. The van der Waals surface area contributed by atoms with Crippen LogP contribution in [0.5, 0.6) is 0 Å². The molecule has 0 radical (unpaired) electrons. The Morgan fingerprint density at radius 3 is 3.08 bits per heavy atom. The van der Waals surface area contributed by atoms with Gasteiger partial charge in [-0.25, -0.2) is 9.18 Å². The lowest BCUT2D eigenvalue weighted by Gasteiger charge is -1.90. The summed E-state index contributed by atoms with van der Waals surface area (Å²) < 4.78 is 12.6. The number of H-pyrrole nitrogens is 1. The molecule has 0 aliphatic heterocycles. The topological polar surface area (TPSA) is 66.0 Å². The number of hydrogen-bond acceptors (Lipinski definition) is 2. The third-order valence-electron chi connectivity index (χ3n) is 1.71. The molecule has 0 aliphatic rings. The quantitative estimate of drug-likeness (QED) is 0.697. The van der Waals surface area contributed by atoms with Crippen molar-refractivity contribution < 1.29 is 14.3 Å². The number of halogens is 1. The van der Waals surface area contributed by atoms with Gasteiger partial charge in [0.1, 0.15) is 16.9 Å². The van der Waals surface area contributed by atoms with E-state index in [2.05, 4.69) is 9.97 Å². The monoisotopic (exact) mass is 180 g/mol. The first kappa shape index (κ1) is 7.72. The van der Waals surface area contributed by atoms with Crippen molar-refractivity contribution in [3.05, 3.63) is 29.8 Å². The second kappa shape index (κ2) is 2.55. The van der Waals surface area contributed by atoms with Crippen LogP contribution in [0.25, 0.3) is 11.0 Å². The molecule has 0 aromatic carbocycles. The molecule has 2 aromatic heterocycles. The van der Waals surface area contributed by atoms with E-state index < -0.39 is 11.8 Å². The molecule has 4 nitrogen and oxygen atoms in total. The Morgan fingerprint density at radius 1 is 1.62 bits per heavy atom. The van der Waals surface area contributed by atoms with Crippen LogP contribution in [0.15, 0.2) is 18.5 Å². The van der Waals surface area contributed by atoms with Gasteiger partial charge in [0.2, 0.25) is 0 Å². The number of rotatable bonds is 1. The maximum atomic E-state index is 12.6. The van der Waals surface area contributed by atoms with Crippen molar-refractivity contribution in [2.45, 2.75) is 0 Å². The van der Waals surface area contributed by atoms with Crippen molar-refractivity contribution in [1.82, 2.24) is 9.97 Å². The number of aromatic nitrogens is 2. The molecular formula is C8H5FN2O2. The van der Waals surface area contributed by atoms with E-state index in [0.717, 1.165) is 6.20 Å². The van der Waals surface area contributed by atoms with Gasteiger partial charge in [0.15, 0.2) is 0 Å². The van der Waals surface area contributed by atoms with Gasteiger partial charge in [-0.1, -0.05) is 0 Å². The van der Waals surface area contributed by atoms with Gasteiger partial charge in [-0.3, -0.25) is 4.98 Å². The van der Waals surface area contributed by atoms with Crippen LogP contribution in [0.2, 0.25) is 0 Å². The average molecular weight is 180 g/mol. The van der Waals surface area contributed by atoms with E-state index in [9.17, 15) is 9.18 Å². The van der Waals surface area contributed by atoms with E-state index in [1.165, 1.54) is 12.3 Å². The predicted molar refractivity (Wildman–Crippen MR) is 43.0 cm³/mol. The number of pyridine rings is 1. The molecule has 0 saturated heterocycles. The number of nitrogens with zero attached hydrogens (tertiary/aromatic N) is 1. The highest BCUT2D eigenvalue weighted by atomic mass is 19.1. The van der Waals surface area contributed by atoms with Crippen LogP contribution in [0.1, 0.15) is 10.4 Å². The molecule has 2 heterocycles. The Labute approximate surface area is 72.0 Å². The van der Waals surface area contributed by atoms with Crippen molar-refractivity contribution >= 4 is 17.0 Å². The summed E-state index contributed by atoms with van der Waals surface area (Å²) in [6.07, 6.45) is 2.28.